The minimum atomic E-state index is -0.978. The van der Waals surface area contributed by atoms with E-state index in [2.05, 4.69) is 31.7 Å². The van der Waals surface area contributed by atoms with Gasteiger partial charge >= 0.3 is 0 Å². The van der Waals surface area contributed by atoms with Gasteiger partial charge in [0.05, 0.1) is 11.3 Å². The summed E-state index contributed by atoms with van der Waals surface area (Å²) in [5, 5.41) is 12.0. The first kappa shape index (κ1) is 27.4. The molecule has 2 heterocycles. The molecule has 0 bridgehead atoms. The molecule has 188 valence electrons. The van der Waals surface area contributed by atoms with E-state index >= 15 is 0 Å². The number of benzene rings is 2. The maximum absolute atomic E-state index is 13.3. The second kappa shape index (κ2) is 13.2. The summed E-state index contributed by atoms with van der Waals surface area (Å²) in [6.45, 7) is 3.86. The SMILES string of the molecule is C=C(F)C(=O)N1CCCC(Nc2ncnc(N)c2C(=N)c2ccc(Oc3ccccc3)cc2)C1.SI. The molecule has 8 nitrogen and oxygen atoms in total. The lowest BCUT2D eigenvalue weighted by Gasteiger charge is -2.33. The number of anilines is 2. The van der Waals surface area contributed by atoms with E-state index in [0.29, 0.717) is 48.0 Å². The molecule has 1 saturated heterocycles. The van der Waals surface area contributed by atoms with E-state index in [1.807, 2.05) is 51.5 Å². The van der Waals surface area contributed by atoms with Crippen LogP contribution >= 0.6 is 31.0 Å². The average molecular weight is 620 g/mol. The summed E-state index contributed by atoms with van der Waals surface area (Å²) in [6.07, 6.45) is 2.78. The van der Waals surface area contributed by atoms with Crippen LogP contribution in [0.15, 0.2) is 73.3 Å². The lowest BCUT2D eigenvalue weighted by molar-refractivity contribution is -0.129. The highest BCUT2D eigenvalue weighted by atomic mass is 127. The summed E-state index contributed by atoms with van der Waals surface area (Å²) < 4.78 is 19.1. The van der Waals surface area contributed by atoms with E-state index in [0.717, 1.165) is 6.42 Å². The molecule has 0 radical (unpaired) electrons. The van der Waals surface area contributed by atoms with Gasteiger partial charge in [0.25, 0.3) is 5.91 Å². The Morgan fingerprint density at radius 3 is 2.50 bits per heavy atom. The van der Waals surface area contributed by atoms with Crippen LogP contribution in [-0.2, 0) is 4.79 Å². The number of likely N-dealkylation sites (tertiary alicyclic amines) is 1. The molecular formula is C25H26FIN6O2S. The summed E-state index contributed by atoms with van der Waals surface area (Å²) in [4.78, 5) is 21.8. The van der Waals surface area contributed by atoms with Crippen LogP contribution in [0.5, 0.6) is 11.5 Å². The van der Waals surface area contributed by atoms with Crippen molar-refractivity contribution < 1.29 is 13.9 Å². The number of carbonyl (C=O) groups is 1. The number of nitrogen functional groups attached to an aromatic ring is 1. The largest absolute Gasteiger partial charge is 0.457 e. The number of aromatic nitrogens is 2. The highest BCUT2D eigenvalue weighted by Gasteiger charge is 2.27. The summed E-state index contributed by atoms with van der Waals surface area (Å²) in [5.74, 6) is 0.218. The maximum Gasteiger partial charge on any atom is 0.282 e. The molecule has 1 amide bonds. The second-order valence-corrected chi connectivity index (χ2v) is 7.94. The standard InChI is InChI=1S/C25H25FN6O2.HIS/c1-16(26)25(33)32-13-5-6-18(14-32)31-24-21(23(28)29-15-30-24)22(27)17-9-11-20(12-10-17)34-19-7-3-2-4-8-19;1-2/h2-4,7-12,15,18,27H,1,5-6,13-14H2,(H3,28,29,30,31);2H. The summed E-state index contributed by atoms with van der Waals surface area (Å²) in [6, 6.07) is 16.3. The number of hydrogen-bond acceptors (Lipinski definition) is 8. The quantitative estimate of drug-likeness (QED) is 0.121. The first-order valence-corrected chi connectivity index (χ1v) is 14.3. The van der Waals surface area contributed by atoms with Crippen LogP contribution in [0.4, 0.5) is 16.0 Å². The van der Waals surface area contributed by atoms with Crippen LogP contribution in [0.1, 0.15) is 24.0 Å². The number of para-hydroxylation sites is 1. The Morgan fingerprint density at radius 2 is 1.83 bits per heavy atom. The molecule has 1 aromatic heterocycles. The van der Waals surface area contributed by atoms with Crippen molar-refractivity contribution in [1.29, 1.82) is 5.41 Å². The second-order valence-electron chi connectivity index (χ2n) is 7.94. The molecule has 11 heteroatoms. The molecule has 2 aromatic carbocycles. The Hall–Kier alpha value is -3.19. The fourth-order valence-electron chi connectivity index (χ4n) is 3.86. The van der Waals surface area contributed by atoms with Crippen molar-refractivity contribution in [2.24, 2.45) is 0 Å². The summed E-state index contributed by atoms with van der Waals surface area (Å²) >= 11 is 1.84. The monoisotopic (exact) mass is 620 g/mol. The Balaban J connectivity index is 0.00000176. The predicted octanol–water partition coefficient (Wildman–Crippen LogP) is 5.42. The smallest absolute Gasteiger partial charge is 0.282 e. The molecule has 1 unspecified atom stereocenters. The van der Waals surface area contributed by atoms with Gasteiger partial charge in [-0.3, -0.25) is 10.2 Å². The third-order valence-electron chi connectivity index (χ3n) is 5.53. The summed E-state index contributed by atoms with van der Waals surface area (Å²) in [5.41, 5.74) is 7.24. The highest BCUT2D eigenvalue weighted by molar-refractivity contribution is 14.2. The van der Waals surface area contributed by atoms with Crippen LogP contribution in [0.3, 0.4) is 0 Å². The van der Waals surface area contributed by atoms with Crippen LogP contribution in [0, 0.1) is 5.41 Å². The number of rotatable bonds is 7. The minimum absolute atomic E-state index is 0.146. The van der Waals surface area contributed by atoms with Gasteiger partial charge in [-0.1, -0.05) is 24.8 Å². The van der Waals surface area contributed by atoms with Gasteiger partial charge in [-0.15, -0.1) is 9.80 Å². The van der Waals surface area contributed by atoms with Gasteiger partial charge in [-0.25, -0.2) is 14.4 Å². The number of ether oxygens (including phenoxy) is 1. The fourth-order valence-corrected chi connectivity index (χ4v) is 3.86. The van der Waals surface area contributed by atoms with Crippen molar-refractivity contribution >= 4 is 54.3 Å². The Labute approximate surface area is 226 Å². The van der Waals surface area contributed by atoms with E-state index in [1.54, 1.807) is 24.3 Å². The first-order valence-electron chi connectivity index (χ1n) is 11.0. The lowest BCUT2D eigenvalue weighted by Crippen LogP contribution is -2.45. The van der Waals surface area contributed by atoms with Gasteiger partial charge in [0, 0.05) is 24.7 Å². The van der Waals surface area contributed by atoms with Gasteiger partial charge in [0.15, 0.2) is 5.83 Å². The molecule has 4 rings (SSSR count). The van der Waals surface area contributed by atoms with E-state index in [-0.39, 0.29) is 17.6 Å². The number of carbonyl (C=O) groups excluding carboxylic acids is 1. The number of nitrogens with two attached hydrogens (primary N) is 1. The Kier molecular flexibility index (Phi) is 10.1. The molecular weight excluding hydrogens is 594 g/mol. The van der Waals surface area contributed by atoms with Gasteiger partial charge in [-0.05, 0) is 70.4 Å². The van der Waals surface area contributed by atoms with E-state index in [4.69, 9.17) is 15.9 Å². The third-order valence-corrected chi connectivity index (χ3v) is 5.53. The van der Waals surface area contributed by atoms with Gasteiger partial charge in [-0.2, -0.15) is 0 Å². The van der Waals surface area contributed by atoms with Crippen molar-refractivity contribution in [2.45, 2.75) is 18.9 Å². The van der Waals surface area contributed by atoms with Crippen molar-refractivity contribution in [3.8, 4) is 11.5 Å². The Bertz CT molecular complexity index is 1210. The van der Waals surface area contributed by atoms with Crippen molar-refractivity contribution in [1.82, 2.24) is 14.9 Å². The maximum atomic E-state index is 13.3. The van der Waals surface area contributed by atoms with E-state index in [1.165, 1.54) is 11.2 Å². The number of nitrogens with zero attached hydrogens (tertiary/aromatic N) is 3. The number of piperidine rings is 1. The molecule has 3 aromatic rings. The third kappa shape index (κ3) is 6.94. The predicted molar refractivity (Wildman–Crippen MR) is 152 cm³/mol. The molecule has 1 aliphatic rings. The van der Waals surface area contributed by atoms with Gasteiger partial charge in [0.2, 0.25) is 0 Å². The number of hydrogen-bond donors (Lipinski definition) is 4. The van der Waals surface area contributed by atoms with Crippen LogP contribution in [-0.4, -0.2) is 45.6 Å². The number of halogens is 2. The molecule has 0 spiro atoms. The van der Waals surface area contributed by atoms with Crippen molar-refractivity contribution in [3.63, 3.8) is 0 Å². The summed E-state index contributed by atoms with van der Waals surface area (Å²) in [7, 11) is 3.50. The van der Waals surface area contributed by atoms with Crippen LogP contribution in [0.25, 0.3) is 0 Å². The number of thiol groups is 1. The zero-order chi connectivity index (χ0) is 26.1. The molecule has 1 aliphatic heterocycles. The minimum Gasteiger partial charge on any atom is -0.457 e. The molecule has 1 atom stereocenters. The highest BCUT2D eigenvalue weighted by Crippen LogP contribution is 2.26. The average Bonchev–Trinajstić information content (AvgIpc) is 2.90. The fraction of sp³-hybridized carbons (Fsp3) is 0.200. The lowest BCUT2D eigenvalue weighted by atomic mass is 10.0. The van der Waals surface area contributed by atoms with E-state index < -0.39 is 11.7 Å². The first-order chi connectivity index (χ1) is 17.4. The van der Waals surface area contributed by atoms with Crippen molar-refractivity contribution in [3.05, 3.63) is 84.5 Å². The zero-order valence-corrected chi connectivity index (χ0v) is 22.4. The Morgan fingerprint density at radius 1 is 1.17 bits per heavy atom. The van der Waals surface area contributed by atoms with E-state index in [9.17, 15) is 9.18 Å². The van der Waals surface area contributed by atoms with Crippen LogP contribution in [0.2, 0.25) is 0 Å². The molecule has 0 aliphatic carbocycles. The van der Waals surface area contributed by atoms with Crippen LogP contribution < -0.4 is 15.8 Å². The number of amides is 1. The van der Waals surface area contributed by atoms with Crippen molar-refractivity contribution in [2.75, 3.05) is 24.1 Å². The van der Waals surface area contributed by atoms with Gasteiger partial charge in [0.1, 0.15) is 29.5 Å². The molecule has 0 saturated carbocycles. The zero-order valence-electron chi connectivity index (χ0n) is 19.3. The van der Waals surface area contributed by atoms with Gasteiger partial charge < -0.3 is 20.7 Å². The molecule has 36 heavy (non-hydrogen) atoms. The number of nitrogens with one attached hydrogen (secondary N) is 2. The molecule has 1 fully saturated rings. The topological polar surface area (TPSA) is 117 Å². The normalized spacial score (nSPS) is 14.8. The molecule has 4 N–H and O–H groups in total.